The molecule has 1 heterocycles. The van der Waals surface area contributed by atoms with E-state index < -0.39 is 4.92 Å². The maximum absolute atomic E-state index is 10.9. The molecule has 20 heavy (non-hydrogen) atoms. The van der Waals surface area contributed by atoms with Crippen LogP contribution in [0.5, 0.6) is 5.88 Å². The van der Waals surface area contributed by atoms with Gasteiger partial charge in [-0.05, 0) is 18.9 Å². The summed E-state index contributed by atoms with van der Waals surface area (Å²) in [6.07, 6.45) is 0. The summed E-state index contributed by atoms with van der Waals surface area (Å²) >= 11 is 0. The van der Waals surface area contributed by atoms with Gasteiger partial charge in [-0.3, -0.25) is 10.1 Å². The standard InChI is InChI=1S/C13H21N3O4/c1-4-14-12-6-5-11(16(17)18)13(15-12)20-8-7-19-9-10(2)3/h5-6,10H,4,7-9H2,1-3H3,(H,14,15). The Morgan fingerprint density at radius 1 is 1.40 bits per heavy atom. The van der Waals surface area contributed by atoms with Crippen LogP contribution in [0.2, 0.25) is 0 Å². The first-order chi connectivity index (χ1) is 9.54. The van der Waals surface area contributed by atoms with Crippen LogP contribution in [0.3, 0.4) is 0 Å². The van der Waals surface area contributed by atoms with Crippen molar-refractivity contribution in [1.29, 1.82) is 0 Å². The lowest BCUT2D eigenvalue weighted by Gasteiger charge is -2.09. The van der Waals surface area contributed by atoms with E-state index in [1.165, 1.54) is 6.07 Å². The molecule has 1 N–H and O–H groups in total. The molecule has 0 atom stereocenters. The van der Waals surface area contributed by atoms with E-state index in [1.807, 2.05) is 20.8 Å². The number of hydrogen-bond donors (Lipinski definition) is 1. The number of ether oxygens (including phenoxy) is 2. The molecule has 0 aromatic carbocycles. The molecule has 0 aliphatic rings. The number of pyridine rings is 1. The first-order valence-electron chi connectivity index (χ1n) is 6.64. The number of hydrogen-bond acceptors (Lipinski definition) is 6. The Balaban J connectivity index is 2.60. The van der Waals surface area contributed by atoms with Gasteiger partial charge in [0.05, 0.1) is 11.5 Å². The molecule has 0 amide bonds. The fourth-order valence-electron chi connectivity index (χ4n) is 1.47. The highest BCUT2D eigenvalue weighted by molar-refractivity contribution is 5.49. The van der Waals surface area contributed by atoms with Crippen molar-refractivity contribution in [1.82, 2.24) is 4.98 Å². The van der Waals surface area contributed by atoms with Gasteiger partial charge in [-0.25, -0.2) is 0 Å². The third-order valence-corrected chi connectivity index (χ3v) is 2.31. The molecule has 1 aromatic heterocycles. The lowest BCUT2D eigenvalue weighted by atomic mass is 10.2. The van der Waals surface area contributed by atoms with Crippen molar-refractivity contribution in [3.8, 4) is 5.88 Å². The Labute approximate surface area is 118 Å². The van der Waals surface area contributed by atoms with Crippen LogP contribution in [0.1, 0.15) is 20.8 Å². The summed E-state index contributed by atoms with van der Waals surface area (Å²) in [7, 11) is 0. The van der Waals surface area contributed by atoms with Crippen LogP contribution >= 0.6 is 0 Å². The molecule has 0 fully saturated rings. The van der Waals surface area contributed by atoms with Crippen LogP contribution in [0.4, 0.5) is 11.5 Å². The van der Waals surface area contributed by atoms with Gasteiger partial charge < -0.3 is 14.8 Å². The quantitative estimate of drug-likeness (QED) is 0.425. The van der Waals surface area contributed by atoms with E-state index in [0.29, 0.717) is 31.5 Å². The van der Waals surface area contributed by atoms with Gasteiger partial charge in [-0.2, -0.15) is 4.98 Å². The van der Waals surface area contributed by atoms with E-state index in [4.69, 9.17) is 9.47 Å². The molecule has 0 radical (unpaired) electrons. The largest absolute Gasteiger partial charge is 0.470 e. The third kappa shape index (κ3) is 5.40. The van der Waals surface area contributed by atoms with Crippen LogP contribution < -0.4 is 10.1 Å². The minimum absolute atomic E-state index is 0.0154. The van der Waals surface area contributed by atoms with Crippen LogP contribution in [0, 0.1) is 16.0 Å². The fourth-order valence-corrected chi connectivity index (χ4v) is 1.47. The average Bonchev–Trinajstić information content (AvgIpc) is 2.38. The number of nitro groups is 1. The molecule has 0 aliphatic carbocycles. The summed E-state index contributed by atoms with van der Waals surface area (Å²) < 4.78 is 10.7. The molecule has 1 aromatic rings. The molecule has 0 unspecified atom stereocenters. The fraction of sp³-hybridized carbons (Fsp3) is 0.615. The van der Waals surface area contributed by atoms with Crippen molar-refractivity contribution in [2.45, 2.75) is 20.8 Å². The lowest BCUT2D eigenvalue weighted by Crippen LogP contribution is -2.12. The van der Waals surface area contributed by atoms with E-state index in [2.05, 4.69) is 10.3 Å². The highest BCUT2D eigenvalue weighted by atomic mass is 16.6. The lowest BCUT2D eigenvalue weighted by molar-refractivity contribution is -0.386. The zero-order valence-electron chi connectivity index (χ0n) is 12.1. The summed E-state index contributed by atoms with van der Waals surface area (Å²) in [5.74, 6) is 1.01. The smallest absolute Gasteiger partial charge is 0.331 e. The van der Waals surface area contributed by atoms with Gasteiger partial charge in [-0.15, -0.1) is 0 Å². The van der Waals surface area contributed by atoms with Crippen LogP contribution in [0.15, 0.2) is 12.1 Å². The molecular formula is C13H21N3O4. The van der Waals surface area contributed by atoms with Gasteiger partial charge in [-0.1, -0.05) is 13.8 Å². The second kappa shape index (κ2) is 8.31. The monoisotopic (exact) mass is 283 g/mol. The number of rotatable bonds is 9. The first-order valence-corrected chi connectivity index (χ1v) is 6.64. The average molecular weight is 283 g/mol. The molecule has 112 valence electrons. The zero-order chi connectivity index (χ0) is 15.0. The minimum Gasteiger partial charge on any atom is -0.470 e. The predicted octanol–water partition coefficient (Wildman–Crippen LogP) is 2.47. The number of nitrogens with one attached hydrogen (secondary N) is 1. The molecule has 0 aliphatic heterocycles. The summed E-state index contributed by atoms with van der Waals surface area (Å²) in [6, 6.07) is 2.94. The Kier molecular flexibility index (Phi) is 6.72. The van der Waals surface area contributed by atoms with Crippen molar-refractivity contribution < 1.29 is 14.4 Å². The second-order valence-corrected chi connectivity index (χ2v) is 4.63. The van der Waals surface area contributed by atoms with Crippen molar-refractivity contribution in [2.24, 2.45) is 5.92 Å². The summed E-state index contributed by atoms with van der Waals surface area (Å²) in [4.78, 5) is 14.5. The van der Waals surface area contributed by atoms with E-state index in [9.17, 15) is 10.1 Å². The van der Waals surface area contributed by atoms with Crippen molar-refractivity contribution in [3.63, 3.8) is 0 Å². The van der Waals surface area contributed by atoms with Gasteiger partial charge in [0, 0.05) is 19.2 Å². The minimum atomic E-state index is -0.507. The molecular weight excluding hydrogens is 262 g/mol. The molecule has 0 saturated carbocycles. The van der Waals surface area contributed by atoms with Crippen molar-refractivity contribution in [2.75, 3.05) is 31.7 Å². The summed E-state index contributed by atoms with van der Waals surface area (Å²) in [5, 5.41) is 13.9. The molecule has 7 heteroatoms. The Bertz CT molecular complexity index is 438. The SMILES string of the molecule is CCNc1ccc([N+](=O)[O-])c(OCCOCC(C)C)n1. The Hall–Kier alpha value is -1.89. The number of aromatic nitrogens is 1. The molecule has 0 spiro atoms. The first kappa shape index (κ1) is 16.2. The van der Waals surface area contributed by atoms with Gasteiger partial charge in [0.25, 0.3) is 5.88 Å². The maximum Gasteiger partial charge on any atom is 0.331 e. The Morgan fingerprint density at radius 3 is 2.75 bits per heavy atom. The summed E-state index contributed by atoms with van der Waals surface area (Å²) in [5.41, 5.74) is -0.143. The van der Waals surface area contributed by atoms with Gasteiger partial charge in [0.2, 0.25) is 0 Å². The van der Waals surface area contributed by atoms with E-state index >= 15 is 0 Å². The van der Waals surface area contributed by atoms with Crippen LogP contribution in [-0.4, -0.2) is 36.3 Å². The molecule has 7 nitrogen and oxygen atoms in total. The number of nitrogens with zero attached hydrogens (tertiary/aromatic N) is 2. The summed E-state index contributed by atoms with van der Waals surface area (Å²) in [6.45, 7) is 7.94. The van der Waals surface area contributed by atoms with Gasteiger partial charge >= 0.3 is 5.69 Å². The predicted molar refractivity (Wildman–Crippen MR) is 76.2 cm³/mol. The zero-order valence-corrected chi connectivity index (χ0v) is 12.1. The van der Waals surface area contributed by atoms with Crippen LogP contribution in [0.25, 0.3) is 0 Å². The maximum atomic E-state index is 10.9. The van der Waals surface area contributed by atoms with E-state index in [0.717, 1.165) is 0 Å². The van der Waals surface area contributed by atoms with Crippen molar-refractivity contribution >= 4 is 11.5 Å². The van der Waals surface area contributed by atoms with Crippen molar-refractivity contribution in [3.05, 3.63) is 22.2 Å². The number of anilines is 1. The van der Waals surface area contributed by atoms with Gasteiger partial charge in [0.1, 0.15) is 12.4 Å². The van der Waals surface area contributed by atoms with E-state index in [1.54, 1.807) is 6.07 Å². The van der Waals surface area contributed by atoms with Crippen LogP contribution in [-0.2, 0) is 4.74 Å². The molecule has 0 bridgehead atoms. The molecule has 0 saturated heterocycles. The second-order valence-electron chi connectivity index (χ2n) is 4.63. The highest BCUT2D eigenvalue weighted by Crippen LogP contribution is 2.26. The van der Waals surface area contributed by atoms with E-state index in [-0.39, 0.29) is 18.2 Å². The highest BCUT2D eigenvalue weighted by Gasteiger charge is 2.17. The normalized spacial score (nSPS) is 10.6. The topological polar surface area (TPSA) is 86.5 Å². The third-order valence-electron chi connectivity index (χ3n) is 2.31. The Morgan fingerprint density at radius 2 is 2.15 bits per heavy atom. The van der Waals surface area contributed by atoms with Gasteiger partial charge in [0.15, 0.2) is 0 Å². The molecule has 1 rings (SSSR count).